The molecule has 0 atom stereocenters. The number of rotatable bonds is 6. The molecule has 4 nitrogen and oxygen atoms in total. The molecule has 0 amide bonds. The van der Waals surface area contributed by atoms with Gasteiger partial charge in [-0.2, -0.15) is 0 Å². The number of aromatic nitrogens is 2. The first-order valence-corrected chi connectivity index (χ1v) is 5.72. The largest absolute Gasteiger partial charge is 0.377 e. The van der Waals surface area contributed by atoms with Crippen molar-refractivity contribution >= 4 is 0 Å². The quantitative estimate of drug-likeness (QED) is 0.772. The van der Waals surface area contributed by atoms with Gasteiger partial charge in [-0.1, -0.05) is 30.3 Å². The molecule has 1 N–H and O–H groups in total. The predicted octanol–water partition coefficient (Wildman–Crippen LogP) is 1.78. The molecule has 0 spiro atoms. The maximum atomic E-state index is 11.2. The average molecular weight is 232 g/mol. The van der Waals surface area contributed by atoms with Crippen LogP contribution in [0.5, 0.6) is 0 Å². The Kier molecular flexibility index (Phi) is 4.16. The van der Waals surface area contributed by atoms with E-state index in [0.29, 0.717) is 19.8 Å². The highest BCUT2D eigenvalue weighted by molar-refractivity contribution is 5.13. The van der Waals surface area contributed by atoms with Gasteiger partial charge in [0.2, 0.25) is 0 Å². The van der Waals surface area contributed by atoms with Crippen molar-refractivity contribution < 1.29 is 4.74 Å². The maximum absolute atomic E-state index is 11.2. The zero-order chi connectivity index (χ0) is 11.9. The molecule has 4 heteroatoms. The molecule has 1 aromatic heterocycles. The summed E-state index contributed by atoms with van der Waals surface area (Å²) in [5, 5.41) is 0. The molecule has 90 valence electrons. The Labute approximate surface area is 99.9 Å². The van der Waals surface area contributed by atoms with Crippen molar-refractivity contribution in [2.75, 3.05) is 6.61 Å². The fourth-order valence-corrected chi connectivity index (χ4v) is 1.63. The lowest BCUT2D eigenvalue weighted by atomic mass is 10.2. The third kappa shape index (κ3) is 3.60. The van der Waals surface area contributed by atoms with Gasteiger partial charge < -0.3 is 9.72 Å². The van der Waals surface area contributed by atoms with Crippen LogP contribution in [-0.2, 0) is 17.9 Å². The highest BCUT2D eigenvalue weighted by Crippen LogP contribution is 2.00. The van der Waals surface area contributed by atoms with Crippen LogP contribution in [0.2, 0.25) is 0 Å². The van der Waals surface area contributed by atoms with Crippen LogP contribution in [0.4, 0.5) is 0 Å². The van der Waals surface area contributed by atoms with Crippen molar-refractivity contribution in [2.45, 2.75) is 19.6 Å². The van der Waals surface area contributed by atoms with E-state index in [-0.39, 0.29) is 5.69 Å². The number of hydrogen-bond donors (Lipinski definition) is 1. The summed E-state index contributed by atoms with van der Waals surface area (Å²) in [5.41, 5.74) is 1.11. The van der Waals surface area contributed by atoms with Gasteiger partial charge in [0.25, 0.3) is 0 Å². The molecule has 0 fully saturated rings. The van der Waals surface area contributed by atoms with Crippen LogP contribution in [0.25, 0.3) is 0 Å². The molecule has 1 aromatic carbocycles. The number of aromatic amines is 1. The van der Waals surface area contributed by atoms with Crippen LogP contribution in [0.3, 0.4) is 0 Å². The first-order valence-electron chi connectivity index (χ1n) is 5.72. The summed E-state index contributed by atoms with van der Waals surface area (Å²) in [4.78, 5) is 13.8. The summed E-state index contributed by atoms with van der Waals surface area (Å²) >= 11 is 0. The zero-order valence-corrected chi connectivity index (χ0v) is 9.63. The highest BCUT2D eigenvalue weighted by atomic mass is 16.5. The number of nitrogens with zero attached hydrogens (tertiary/aromatic N) is 1. The van der Waals surface area contributed by atoms with E-state index in [0.717, 1.165) is 6.42 Å². The van der Waals surface area contributed by atoms with Crippen molar-refractivity contribution in [3.8, 4) is 0 Å². The van der Waals surface area contributed by atoms with E-state index in [2.05, 4.69) is 4.98 Å². The molecule has 0 radical (unpaired) electrons. The lowest BCUT2D eigenvalue weighted by Gasteiger charge is -2.04. The van der Waals surface area contributed by atoms with Gasteiger partial charge in [-0.15, -0.1) is 0 Å². The number of nitrogens with one attached hydrogen (secondary N) is 1. The third-order valence-corrected chi connectivity index (χ3v) is 2.52. The minimum Gasteiger partial charge on any atom is -0.377 e. The molecule has 0 bridgehead atoms. The van der Waals surface area contributed by atoms with Crippen LogP contribution in [0.15, 0.2) is 47.5 Å². The minimum atomic E-state index is -0.0620. The van der Waals surface area contributed by atoms with Crippen LogP contribution in [0.1, 0.15) is 12.0 Å². The Hall–Kier alpha value is -1.81. The van der Waals surface area contributed by atoms with Crippen molar-refractivity contribution in [3.05, 3.63) is 58.8 Å². The van der Waals surface area contributed by atoms with E-state index in [4.69, 9.17) is 4.74 Å². The summed E-state index contributed by atoms with van der Waals surface area (Å²) in [6.07, 6.45) is 4.23. The van der Waals surface area contributed by atoms with Gasteiger partial charge in [0.1, 0.15) is 0 Å². The average Bonchev–Trinajstić information content (AvgIpc) is 2.76. The smallest absolute Gasteiger partial charge is 0.325 e. The number of aryl methyl sites for hydroxylation is 1. The molecule has 0 aliphatic rings. The second-order valence-electron chi connectivity index (χ2n) is 3.85. The standard InChI is InChI=1S/C13H16N2O2/c16-13-14-7-9-15(13)8-4-10-17-11-12-5-2-1-3-6-12/h1-3,5-7,9H,4,8,10-11H2,(H,14,16). The maximum Gasteiger partial charge on any atom is 0.325 e. The number of ether oxygens (including phenoxy) is 1. The molecule has 0 saturated carbocycles. The van der Waals surface area contributed by atoms with E-state index < -0.39 is 0 Å². The lowest BCUT2D eigenvalue weighted by Crippen LogP contribution is -2.17. The molecular weight excluding hydrogens is 216 g/mol. The zero-order valence-electron chi connectivity index (χ0n) is 9.63. The first kappa shape index (κ1) is 11.7. The normalized spacial score (nSPS) is 10.6. The van der Waals surface area contributed by atoms with Gasteiger partial charge in [-0.3, -0.25) is 4.57 Å². The molecule has 17 heavy (non-hydrogen) atoms. The first-order chi connectivity index (χ1) is 8.36. The van der Waals surface area contributed by atoms with Crippen LogP contribution >= 0.6 is 0 Å². The van der Waals surface area contributed by atoms with Crippen LogP contribution in [0, 0.1) is 0 Å². The summed E-state index contributed by atoms with van der Waals surface area (Å²) in [6, 6.07) is 10.1. The highest BCUT2D eigenvalue weighted by Gasteiger charge is 1.96. The van der Waals surface area contributed by atoms with Crippen LogP contribution < -0.4 is 5.69 Å². The second kappa shape index (κ2) is 6.06. The van der Waals surface area contributed by atoms with Gasteiger partial charge in [-0.05, 0) is 12.0 Å². The Balaban J connectivity index is 1.64. The van der Waals surface area contributed by atoms with Crippen molar-refractivity contribution in [1.29, 1.82) is 0 Å². The van der Waals surface area contributed by atoms with Crippen molar-refractivity contribution in [2.24, 2.45) is 0 Å². The van der Waals surface area contributed by atoms with Crippen molar-refractivity contribution in [1.82, 2.24) is 9.55 Å². The topological polar surface area (TPSA) is 47.0 Å². The molecule has 0 aliphatic heterocycles. The molecule has 1 heterocycles. The van der Waals surface area contributed by atoms with Gasteiger partial charge in [0, 0.05) is 25.5 Å². The monoisotopic (exact) mass is 232 g/mol. The van der Waals surface area contributed by atoms with E-state index >= 15 is 0 Å². The molecule has 2 rings (SSSR count). The minimum absolute atomic E-state index is 0.0620. The Morgan fingerprint density at radius 2 is 2.06 bits per heavy atom. The van der Waals surface area contributed by atoms with E-state index in [1.807, 2.05) is 30.3 Å². The fourth-order valence-electron chi connectivity index (χ4n) is 1.63. The Morgan fingerprint density at radius 3 is 2.76 bits per heavy atom. The Morgan fingerprint density at radius 1 is 1.24 bits per heavy atom. The number of imidazole rings is 1. The summed E-state index contributed by atoms with van der Waals surface area (Å²) in [6.45, 7) is 1.98. The molecular formula is C13H16N2O2. The van der Waals surface area contributed by atoms with E-state index in [1.54, 1.807) is 17.0 Å². The Bertz CT molecular complexity index is 487. The third-order valence-electron chi connectivity index (χ3n) is 2.52. The number of hydrogen-bond acceptors (Lipinski definition) is 2. The van der Waals surface area contributed by atoms with Crippen molar-refractivity contribution in [3.63, 3.8) is 0 Å². The number of benzene rings is 1. The summed E-state index contributed by atoms with van der Waals surface area (Å²) in [5.74, 6) is 0. The summed E-state index contributed by atoms with van der Waals surface area (Å²) < 4.78 is 7.18. The second-order valence-corrected chi connectivity index (χ2v) is 3.85. The number of H-pyrrole nitrogens is 1. The lowest BCUT2D eigenvalue weighted by molar-refractivity contribution is 0.115. The van der Waals surface area contributed by atoms with Gasteiger partial charge in [0.05, 0.1) is 6.61 Å². The molecule has 0 aliphatic carbocycles. The fraction of sp³-hybridized carbons (Fsp3) is 0.308. The predicted molar refractivity (Wildman–Crippen MR) is 65.8 cm³/mol. The van der Waals surface area contributed by atoms with Crippen LogP contribution in [-0.4, -0.2) is 16.2 Å². The summed E-state index contributed by atoms with van der Waals surface area (Å²) in [7, 11) is 0. The molecule has 0 unspecified atom stereocenters. The SMILES string of the molecule is O=c1[nH]ccn1CCCOCc1ccccc1. The molecule has 0 saturated heterocycles. The van der Waals surface area contributed by atoms with E-state index in [9.17, 15) is 4.79 Å². The van der Waals surface area contributed by atoms with Gasteiger partial charge in [-0.25, -0.2) is 4.79 Å². The van der Waals surface area contributed by atoms with Gasteiger partial charge >= 0.3 is 5.69 Å². The van der Waals surface area contributed by atoms with E-state index in [1.165, 1.54) is 5.56 Å². The molecule has 2 aromatic rings. The van der Waals surface area contributed by atoms with Gasteiger partial charge in [0.15, 0.2) is 0 Å².